The van der Waals surface area contributed by atoms with Crippen LogP contribution < -0.4 is 5.32 Å². The summed E-state index contributed by atoms with van der Waals surface area (Å²) in [7, 11) is 0. The summed E-state index contributed by atoms with van der Waals surface area (Å²) in [5.74, 6) is 0. The van der Waals surface area contributed by atoms with Gasteiger partial charge in [0.2, 0.25) is 0 Å². The Kier molecular flexibility index (Phi) is 4.94. The average Bonchev–Trinajstić information content (AvgIpc) is 2.63. The van der Waals surface area contributed by atoms with E-state index in [1.165, 1.54) is 77.5 Å². The minimum Gasteiger partial charge on any atom is -0.313 e. The minimum atomic E-state index is 0.783. The van der Waals surface area contributed by atoms with Gasteiger partial charge in [0.15, 0.2) is 0 Å². The zero-order valence-corrected chi connectivity index (χ0v) is 10.0. The number of rotatable bonds is 2. The predicted octanol–water partition coefficient (Wildman–Crippen LogP) is 2.39. The van der Waals surface area contributed by atoms with Gasteiger partial charge >= 0.3 is 0 Å². The van der Waals surface area contributed by atoms with E-state index >= 15 is 0 Å². The van der Waals surface area contributed by atoms with Gasteiger partial charge in [-0.2, -0.15) is 0 Å². The van der Waals surface area contributed by atoms with Crippen LogP contribution >= 0.6 is 0 Å². The molecule has 0 aromatic carbocycles. The smallest absolute Gasteiger partial charge is 0.0195 e. The maximum atomic E-state index is 3.71. The predicted molar refractivity (Wildman–Crippen MR) is 65.2 cm³/mol. The Morgan fingerprint density at radius 2 is 1.60 bits per heavy atom. The Bertz CT molecular complexity index is 136. The summed E-state index contributed by atoms with van der Waals surface area (Å²) in [6.45, 7) is 5.24. The van der Waals surface area contributed by atoms with E-state index in [1.807, 2.05) is 0 Å². The molecule has 1 atom stereocenters. The summed E-state index contributed by atoms with van der Waals surface area (Å²) in [4.78, 5) is 2.69. The first-order chi connectivity index (χ1) is 7.45. The van der Waals surface area contributed by atoms with Crippen molar-refractivity contribution in [1.29, 1.82) is 0 Å². The SMILES string of the molecule is C1CCNC(CN2CCCCCC2)CC1. The van der Waals surface area contributed by atoms with Crippen molar-refractivity contribution in [2.24, 2.45) is 0 Å². The highest BCUT2D eigenvalue weighted by Gasteiger charge is 2.16. The highest BCUT2D eigenvalue weighted by Crippen LogP contribution is 2.13. The van der Waals surface area contributed by atoms with Crippen LogP contribution in [-0.2, 0) is 0 Å². The molecule has 1 unspecified atom stereocenters. The van der Waals surface area contributed by atoms with Gasteiger partial charge in [-0.05, 0) is 45.3 Å². The molecule has 15 heavy (non-hydrogen) atoms. The molecule has 2 fully saturated rings. The fraction of sp³-hybridized carbons (Fsp3) is 1.00. The lowest BCUT2D eigenvalue weighted by molar-refractivity contribution is 0.247. The van der Waals surface area contributed by atoms with Crippen molar-refractivity contribution in [2.45, 2.75) is 57.4 Å². The molecular weight excluding hydrogens is 184 g/mol. The molecule has 2 heteroatoms. The standard InChI is InChI=1S/C13H26N2/c1-2-7-11-15(10-6-1)12-13-8-4-3-5-9-14-13/h13-14H,1-12H2. The molecular formula is C13H26N2. The van der Waals surface area contributed by atoms with Crippen LogP contribution in [-0.4, -0.2) is 37.1 Å². The molecule has 0 radical (unpaired) electrons. The van der Waals surface area contributed by atoms with Crippen molar-refractivity contribution in [1.82, 2.24) is 10.2 Å². The first kappa shape index (κ1) is 11.4. The van der Waals surface area contributed by atoms with Crippen molar-refractivity contribution in [3.63, 3.8) is 0 Å². The minimum absolute atomic E-state index is 0.783. The number of hydrogen-bond donors (Lipinski definition) is 1. The Morgan fingerprint density at radius 3 is 2.40 bits per heavy atom. The third kappa shape index (κ3) is 4.12. The molecule has 0 aliphatic carbocycles. The van der Waals surface area contributed by atoms with Crippen LogP contribution in [0.1, 0.15) is 51.4 Å². The largest absolute Gasteiger partial charge is 0.313 e. The van der Waals surface area contributed by atoms with Crippen LogP contribution in [0.15, 0.2) is 0 Å². The van der Waals surface area contributed by atoms with Gasteiger partial charge < -0.3 is 10.2 Å². The van der Waals surface area contributed by atoms with Crippen LogP contribution in [0, 0.1) is 0 Å². The van der Waals surface area contributed by atoms with Gasteiger partial charge in [0.25, 0.3) is 0 Å². The summed E-state index contributed by atoms with van der Waals surface area (Å²) in [6.07, 6.45) is 11.4. The molecule has 88 valence electrons. The van der Waals surface area contributed by atoms with E-state index in [4.69, 9.17) is 0 Å². The second-order valence-corrected chi connectivity index (χ2v) is 5.22. The van der Waals surface area contributed by atoms with Gasteiger partial charge in [0.1, 0.15) is 0 Å². The Labute approximate surface area is 94.4 Å². The molecule has 2 nitrogen and oxygen atoms in total. The lowest BCUT2D eigenvalue weighted by Crippen LogP contribution is -2.41. The Morgan fingerprint density at radius 1 is 0.867 bits per heavy atom. The molecule has 2 rings (SSSR count). The number of nitrogens with zero attached hydrogens (tertiary/aromatic N) is 1. The van der Waals surface area contributed by atoms with Crippen LogP contribution in [0.5, 0.6) is 0 Å². The average molecular weight is 210 g/mol. The second-order valence-electron chi connectivity index (χ2n) is 5.22. The fourth-order valence-corrected chi connectivity index (χ4v) is 2.89. The van der Waals surface area contributed by atoms with Crippen molar-refractivity contribution in [3.8, 4) is 0 Å². The van der Waals surface area contributed by atoms with Crippen molar-refractivity contribution >= 4 is 0 Å². The molecule has 0 saturated carbocycles. The van der Waals surface area contributed by atoms with E-state index in [9.17, 15) is 0 Å². The fourth-order valence-electron chi connectivity index (χ4n) is 2.89. The maximum Gasteiger partial charge on any atom is 0.0195 e. The number of nitrogens with one attached hydrogen (secondary N) is 1. The van der Waals surface area contributed by atoms with E-state index in [0.717, 1.165) is 6.04 Å². The molecule has 0 amide bonds. The van der Waals surface area contributed by atoms with E-state index in [0.29, 0.717) is 0 Å². The second kappa shape index (κ2) is 6.49. The Hall–Kier alpha value is -0.0800. The summed E-state index contributed by atoms with van der Waals surface area (Å²) < 4.78 is 0. The van der Waals surface area contributed by atoms with Gasteiger partial charge in [0.05, 0.1) is 0 Å². The lowest BCUT2D eigenvalue weighted by atomic mass is 10.1. The van der Waals surface area contributed by atoms with E-state index in [2.05, 4.69) is 10.2 Å². The lowest BCUT2D eigenvalue weighted by Gasteiger charge is -2.26. The number of likely N-dealkylation sites (tertiary alicyclic amines) is 1. The van der Waals surface area contributed by atoms with Crippen LogP contribution in [0.3, 0.4) is 0 Å². The summed E-state index contributed by atoms with van der Waals surface area (Å²) in [5.41, 5.74) is 0. The molecule has 2 aliphatic heterocycles. The molecule has 1 N–H and O–H groups in total. The monoisotopic (exact) mass is 210 g/mol. The molecule has 0 bridgehead atoms. The van der Waals surface area contributed by atoms with Crippen LogP contribution in [0.2, 0.25) is 0 Å². The third-order valence-corrected chi connectivity index (χ3v) is 3.84. The molecule has 2 aliphatic rings. The highest BCUT2D eigenvalue weighted by atomic mass is 15.1. The topological polar surface area (TPSA) is 15.3 Å². The summed E-state index contributed by atoms with van der Waals surface area (Å²) in [5, 5.41) is 3.71. The van der Waals surface area contributed by atoms with Crippen molar-refractivity contribution in [3.05, 3.63) is 0 Å². The van der Waals surface area contributed by atoms with Gasteiger partial charge in [-0.3, -0.25) is 0 Å². The number of hydrogen-bond acceptors (Lipinski definition) is 2. The molecule has 0 aromatic heterocycles. The molecule has 2 heterocycles. The van der Waals surface area contributed by atoms with E-state index in [1.54, 1.807) is 0 Å². The molecule has 0 aromatic rings. The van der Waals surface area contributed by atoms with Crippen LogP contribution in [0.25, 0.3) is 0 Å². The van der Waals surface area contributed by atoms with Crippen molar-refractivity contribution in [2.75, 3.05) is 26.2 Å². The summed E-state index contributed by atoms with van der Waals surface area (Å²) >= 11 is 0. The first-order valence-electron chi connectivity index (χ1n) is 6.91. The summed E-state index contributed by atoms with van der Waals surface area (Å²) in [6, 6.07) is 0.783. The van der Waals surface area contributed by atoms with E-state index in [-0.39, 0.29) is 0 Å². The molecule has 2 saturated heterocycles. The zero-order chi connectivity index (χ0) is 10.3. The highest BCUT2D eigenvalue weighted by molar-refractivity contribution is 4.76. The van der Waals surface area contributed by atoms with Gasteiger partial charge in [-0.1, -0.05) is 25.7 Å². The normalized spacial score (nSPS) is 30.8. The third-order valence-electron chi connectivity index (χ3n) is 3.84. The quantitative estimate of drug-likeness (QED) is 0.753. The van der Waals surface area contributed by atoms with Gasteiger partial charge in [0, 0.05) is 12.6 Å². The molecule has 0 spiro atoms. The van der Waals surface area contributed by atoms with E-state index < -0.39 is 0 Å². The zero-order valence-electron chi connectivity index (χ0n) is 10.0. The van der Waals surface area contributed by atoms with Crippen molar-refractivity contribution < 1.29 is 0 Å². The van der Waals surface area contributed by atoms with Gasteiger partial charge in [-0.15, -0.1) is 0 Å². The van der Waals surface area contributed by atoms with Crippen LogP contribution in [0.4, 0.5) is 0 Å². The van der Waals surface area contributed by atoms with Gasteiger partial charge in [-0.25, -0.2) is 0 Å². The maximum absolute atomic E-state index is 3.71. The first-order valence-corrected chi connectivity index (χ1v) is 6.91. The Balaban J connectivity index is 1.73.